The summed E-state index contributed by atoms with van der Waals surface area (Å²) < 4.78 is 68.2. The van der Waals surface area contributed by atoms with Gasteiger partial charge in [-0.25, -0.2) is 0 Å². The third-order valence-corrected chi connectivity index (χ3v) is 0. The van der Waals surface area contributed by atoms with E-state index in [1.54, 1.807) is 0 Å². The summed E-state index contributed by atoms with van der Waals surface area (Å²) in [6, 6.07) is 0. The summed E-state index contributed by atoms with van der Waals surface area (Å²) in [6.45, 7) is 0. The fourth-order valence-corrected chi connectivity index (χ4v) is 0. The molecular formula is CaClMgO8S2Zn+. The maximum atomic E-state index is 8.52. The van der Waals surface area contributed by atoms with Gasteiger partial charge in [0.15, 0.2) is 0 Å². The largest absolute Gasteiger partial charge is 2.00 e. The van der Waals surface area contributed by atoms with Gasteiger partial charge in [-0.1, -0.05) is 0 Å². The van der Waals surface area contributed by atoms with Crippen molar-refractivity contribution in [1.82, 2.24) is 0 Å². The van der Waals surface area contributed by atoms with E-state index in [0.717, 1.165) is 0 Å². The third-order valence-electron chi connectivity index (χ3n) is 0. The molecule has 0 aromatic rings. The van der Waals surface area contributed by atoms with Crippen molar-refractivity contribution in [2.45, 2.75) is 0 Å². The van der Waals surface area contributed by atoms with E-state index in [0.29, 0.717) is 0 Å². The molecule has 8 nitrogen and oxygen atoms in total. The van der Waals surface area contributed by atoms with Crippen molar-refractivity contribution in [3.8, 4) is 0 Å². The quantitative estimate of drug-likeness (QED) is 0.235. The Balaban J connectivity index is -0.0000000178. The molecule has 72 valence electrons. The van der Waals surface area contributed by atoms with Gasteiger partial charge in [0.25, 0.3) is 0 Å². The minimum Gasteiger partial charge on any atom is -1.00 e. The van der Waals surface area contributed by atoms with Gasteiger partial charge < -0.3 is 30.6 Å². The van der Waals surface area contributed by atoms with E-state index in [1.807, 2.05) is 0 Å². The number of rotatable bonds is 0. The fraction of sp³-hybridized carbons (Fsp3) is 0. The molecule has 0 saturated heterocycles. The normalized spacial score (nSPS) is 8.29. The van der Waals surface area contributed by atoms with Crippen LogP contribution in [0.3, 0.4) is 0 Å². The van der Waals surface area contributed by atoms with Crippen LogP contribution in [-0.2, 0) is 40.3 Å². The molecule has 0 amide bonds. The van der Waals surface area contributed by atoms with Crippen LogP contribution in [0.2, 0.25) is 0 Å². The predicted molar refractivity (Wildman–Crippen MR) is 32.5 cm³/mol. The van der Waals surface area contributed by atoms with Crippen LogP contribution < -0.4 is 12.4 Å². The van der Waals surface area contributed by atoms with Gasteiger partial charge in [-0.15, -0.1) is 0 Å². The minimum absolute atomic E-state index is 0. The molecule has 0 atom stereocenters. The monoisotopic (exact) mass is 355 g/mol. The first-order valence-corrected chi connectivity index (χ1v) is 4.00. The van der Waals surface area contributed by atoms with E-state index in [1.165, 1.54) is 0 Å². The Morgan fingerprint density at radius 2 is 0.714 bits per heavy atom. The van der Waals surface area contributed by atoms with E-state index in [4.69, 9.17) is 35.0 Å². The Bertz CT molecular complexity index is 224. The zero-order chi connectivity index (χ0) is 9.00. The Kier molecular flexibility index (Phi) is 40.3. The summed E-state index contributed by atoms with van der Waals surface area (Å²) in [5.74, 6) is 0. The zero-order valence-corrected chi connectivity index (χ0v) is 15.6. The van der Waals surface area contributed by atoms with Gasteiger partial charge in [0.2, 0.25) is 0 Å². The molecule has 0 N–H and O–H groups in total. The second-order valence-electron chi connectivity index (χ2n) is 0.816. The smallest absolute Gasteiger partial charge is 1.00 e. The van der Waals surface area contributed by atoms with Crippen molar-refractivity contribution in [1.29, 1.82) is 0 Å². The molecule has 0 heterocycles. The molecule has 0 aliphatic carbocycles. The molecule has 0 unspecified atom stereocenters. The predicted octanol–water partition coefficient (Wildman–Crippen LogP) is -6.44. The van der Waals surface area contributed by atoms with Crippen LogP contribution in [0, 0.1) is 0 Å². The summed E-state index contributed by atoms with van der Waals surface area (Å²) in [4.78, 5) is 0. The average Bonchev–Trinajstić information content (AvgIpc) is 1.12. The van der Waals surface area contributed by atoms with Crippen molar-refractivity contribution in [2.75, 3.05) is 0 Å². The van der Waals surface area contributed by atoms with Crippen molar-refractivity contribution in [3.63, 3.8) is 0 Å². The van der Waals surface area contributed by atoms with Crippen molar-refractivity contribution >= 4 is 81.6 Å². The first-order valence-electron chi connectivity index (χ1n) is 1.33. The van der Waals surface area contributed by atoms with Crippen LogP contribution in [0.1, 0.15) is 0 Å². The molecule has 0 radical (unpaired) electrons. The summed E-state index contributed by atoms with van der Waals surface area (Å²) in [6.07, 6.45) is 0. The third kappa shape index (κ3) is 383. The fourth-order valence-electron chi connectivity index (χ4n) is 0. The molecule has 0 saturated carbocycles. The standard InChI is InChI=1S/Ca.ClH.Mg.2H2O4S.Zn/c;;;2*1-5(2,3)4;/h;1H;;2*(H2,1,2,3,4);/q+2;;+2;;;+2/p-5. The zero-order valence-electron chi connectivity index (χ0n) is 6.58. The summed E-state index contributed by atoms with van der Waals surface area (Å²) >= 11 is 0. The van der Waals surface area contributed by atoms with Gasteiger partial charge in [-0.3, -0.25) is 16.8 Å². The molecule has 0 aromatic carbocycles. The van der Waals surface area contributed by atoms with Gasteiger partial charge in [-0.2, -0.15) is 0 Å². The van der Waals surface area contributed by atoms with Crippen LogP contribution in [-0.4, -0.2) is 95.8 Å². The first-order chi connectivity index (χ1) is 4.00. The van der Waals surface area contributed by atoms with Crippen molar-refractivity contribution in [2.24, 2.45) is 0 Å². The molecule has 14 heteroatoms. The van der Waals surface area contributed by atoms with Gasteiger partial charge in [0.1, 0.15) is 0 Å². The molecule has 0 rings (SSSR count). The summed E-state index contributed by atoms with van der Waals surface area (Å²) in [5.41, 5.74) is 0. The van der Waals surface area contributed by atoms with Gasteiger partial charge in [0, 0.05) is 20.8 Å². The first kappa shape index (κ1) is 36.0. The van der Waals surface area contributed by atoms with E-state index in [9.17, 15) is 0 Å². The SMILES string of the molecule is O=S(=O)([O-])[O-].O=S(=O)([O-])[O-].[Ca+2].[Cl-].[Mg+2].[Zn+2]. The molecule has 0 spiro atoms. The Labute approximate surface area is 146 Å². The molecule has 0 fully saturated rings. The molecule has 0 aliphatic heterocycles. The van der Waals surface area contributed by atoms with E-state index < -0.39 is 20.8 Å². The molecule has 0 aliphatic rings. The van der Waals surface area contributed by atoms with Crippen LogP contribution in [0.15, 0.2) is 0 Å². The van der Waals surface area contributed by atoms with Crippen molar-refractivity contribution in [3.05, 3.63) is 0 Å². The number of halogens is 1. The Morgan fingerprint density at radius 1 is 0.714 bits per heavy atom. The Hall–Kier alpha value is 2.68. The van der Waals surface area contributed by atoms with Gasteiger partial charge in [-0.05, 0) is 0 Å². The second kappa shape index (κ2) is 15.7. The molecule has 0 aromatic heterocycles. The average molecular weight is 357 g/mol. The summed E-state index contributed by atoms with van der Waals surface area (Å²) in [7, 11) is -10.3. The van der Waals surface area contributed by atoms with E-state index in [-0.39, 0.29) is 92.7 Å². The van der Waals surface area contributed by atoms with Gasteiger partial charge in [0.05, 0.1) is 0 Å². The topological polar surface area (TPSA) is 161 Å². The summed E-state index contributed by atoms with van der Waals surface area (Å²) in [5, 5.41) is 0. The second-order valence-corrected chi connectivity index (χ2v) is 2.45. The van der Waals surface area contributed by atoms with E-state index >= 15 is 0 Å². The number of hydrogen-bond acceptors (Lipinski definition) is 8. The maximum Gasteiger partial charge on any atom is 2.00 e. The van der Waals surface area contributed by atoms with Crippen LogP contribution in [0.5, 0.6) is 0 Å². The maximum absolute atomic E-state index is 8.52. The molecule has 14 heavy (non-hydrogen) atoms. The van der Waals surface area contributed by atoms with E-state index in [2.05, 4.69) is 0 Å². The van der Waals surface area contributed by atoms with Crippen LogP contribution in [0.4, 0.5) is 0 Å². The Morgan fingerprint density at radius 3 is 0.714 bits per heavy atom. The van der Waals surface area contributed by atoms with Gasteiger partial charge >= 0.3 is 80.3 Å². The number of hydrogen-bond donors (Lipinski definition) is 0. The van der Waals surface area contributed by atoms with Crippen LogP contribution in [0.25, 0.3) is 0 Å². The molecular weight excluding hydrogens is 357 g/mol. The minimum atomic E-state index is -5.17. The van der Waals surface area contributed by atoms with Crippen molar-refractivity contribution < 1.29 is 66.9 Å². The van der Waals surface area contributed by atoms with Crippen LogP contribution >= 0.6 is 0 Å². The molecule has 0 bridgehead atoms.